The molecule has 2 nitrogen and oxygen atoms in total. The Morgan fingerprint density at radius 3 is 2.48 bits per heavy atom. The first-order valence-electron chi connectivity index (χ1n) is 8.50. The van der Waals surface area contributed by atoms with E-state index >= 15 is 0 Å². The lowest BCUT2D eigenvalue weighted by Crippen LogP contribution is -2.09. The quantitative estimate of drug-likeness (QED) is 0.358. The molecule has 0 saturated carbocycles. The van der Waals surface area contributed by atoms with Gasteiger partial charge in [-0.2, -0.15) is 0 Å². The van der Waals surface area contributed by atoms with Gasteiger partial charge in [-0.25, -0.2) is 4.39 Å². The Balaban J connectivity index is 1.89. The van der Waals surface area contributed by atoms with E-state index in [0.29, 0.717) is 11.1 Å². The molecule has 0 aliphatic carbocycles. The number of benzene rings is 3. The second-order valence-corrected chi connectivity index (χ2v) is 7.21. The van der Waals surface area contributed by atoms with Crippen LogP contribution in [-0.2, 0) is 0 Å². The zero-order valence-electron chi connectivity index (χ0n) is 15.1. The Labute approximate surface area is 167 Å². The second-order valence-electron chi connectivity index (χ2n) is 6.36. The first kappa shape index (κ1) is 19.1. The first-order chi connectivity index (χ1) is 13.0. The van der Waals surface area contributed by atoms with E-state index in [2.05, 4.69) is 15.9 Å². The highest BCUT2D eigenvalue weighted by Gasteiger charge is 2.11. The molecule has 0 aliphatic rings. The average Bonchev–Trinajstić information content (AvgIpc) is 2.66. The van der Waals surface area contributed by atoms with Gasteiger partial charge in [0.1, 0.15) is 5.82 Å². The highest BCUT2D eigenvalue weighted by molar-refractivity contribution is 9.10. The third-order valence-electron chi connectivity index (χ3n) is 4.21. The van der Waals surface area contributed by atoms with Crippen LogP contribution in [0.25, 0.3) is 17.2 Å². The van der Waals surface area contributed by atoms with Gasteiger partial charge in [0.05, 0.1) is 5.69 Å². The van der Waals surface area contributed by atoms with Crippen molar-refractivity contribution in [3.8, 4) is 11.1 Å². The summed E-state index contributed by atoms with van der Waals surface area (Å²) in [5.41, 5.74) is 3.93. The van der Waals surface area contributed by atoms with Crippen molar-refractivity contribution in [2.45, 2.75) is 0 Å². The van der Waals surface area contributed by atoms with Crippen LogP contribution in [0.1, 0.15) is 15.9 Å². The molecule has 0 aliphatic heterocycles. The van der Waals surface area contributed by atoms with Gasteiger partial charge >= 0.3 is 0 Å². The van der Waals surface area contributed by atoms with Crippen LogP contribution in [0, 0.1) is 5.82 Å². The molecule has 0 radical (unpaired) electrons. The molecule has 0 atom stereocenters. The second kappa shape index (κ2) is 8.31. The van der Waals surface area contributed by atoms with Crippen LogP contribution in [0.4, 0.5) is 10.1 Å². The number of anilines is 1. The van der Waals surface area contributed by atoms with Gasteiger partial charge in [0, 0.05) is 24.1 Å². The molecule has 3 aromatic carbocycles. The molecular formula is C23H19BrFNO. The van der Waals surface area contributed by atoms with E-state index in [-0.39, 0.29) is 11.6 Å². The van der Waals surface area contributed by atoms with E-state index < -0.39 is 0 Å². The fourth-order valence-electron chi connectivity index (χ4n) is 2.86. The molecule has 27 heavy (non-hydrogen) atoms. The lowest BCUT2D eigenvalue weighted by Gasteiger charge is -2.14. The van der Waals surface area contributed by atoms with Crippen LogP contribution in [-0.4, -0.2) is 19.9 Å². The molecule has 0 N–H and O–H groups in total. The van der Waals surface area contributed by atoms with Crippen molar-refractivity contribution in [2.75, 3.05) is 19.0 Å². The molecular weight excluding hydrogens is 405 g/mol. The van der Waals surface area contributed by atoms with Crippen molar-refractivity contribution in [2.24, 2.45) is 0 Å². The Kier molecular flexibility index (Phi) is 5.87. The van der Waals surface area contributed by atoms with E-state index in [1.807, 2.05) is 55.4 Å². The molecule has 0 spiro atoms. The van der Waals surface area contributed by atoms with Gasteiger partial charge in [-0.1, -0.05) is 48.5 Å². The third-order valence-corrected chi connectivity index (χ3v) is 4.84. The van der Waals surface area contributed by atoms with Gasteiger partial charge in [-0.05, 0) is 63.0 Å². The van der Waals surface area contributed by atoms with Crippen molar-refractivity contribution in [3.63, 3.8) is 0 Å². The number of allylic oxidation sites excluding steroid dienone is 1. The van der Waals surface area contributed by atoms with Crippen LogP contribution >= 0.6 is 15.9 Å². The molecule has 0 aromatic heterocycles. The Morgan fingerprint density at radius 2 is 1.78 bits per heavy atom. The van der Waals surface area contributed by atoms with E-state index in [1.54, 1.807) is 30.4 Å². The number of hydrogen-bond donors (Lipinski definition) is 0. The zero-order valence-corrected chi connectivity index (χ0v) is 16.7. The number of halogens is 2. The normalized spacial score (nSPS) is 11.0. The van der Waals surface area contributed by atoms with Gasteiger partial charge in [0.2, 0.25) is 0 Å². The summed E-state index contributed by atoms with van der Waals surface area (Å²) >= 11 is 3.55. The lowest BCUT2D eigenvalue weighted by atomic mass is 9.96. The number of carbonyl (C=O) groups excluding carboxylic acids is 1. The molecule has 0 fully saturated rings. The fourth-order valence-corrected chi connectivity index (χ4v) is 3.61. The van der Waals surface area contributed by atoms with Gasteiger partial charge in [-0.15, -0.1) is 0 Å². The number of carbonyl (C=O) groups is 1. The van der Waals surface area contributed by atoms with Crippen molar-refractivity contribution < 1.29 is 9.18 Å². The predicted octanol–water partition coefficient (Wildman–Crippen LogP) is 6.22. The first-order valence-corrected chi connectivity index (χ1v) is 9.29. The van der Waals surface area contributed by atoms with Crippen LogP contribution in [0.15, 0.2) is 77.3 Å². The van der Waals surface area contributed by atoms with Crippen LogP contribution < -0.4 is 4.90 Å². The minimum atomic E-state index is -0.323. The van der Waals surface area contributed by atoms with Crippen LogP contribution in [0.3, 0.4) is 0 Å². The monoisotopic (exact) mass is 423 g/mol. The van der Waals surface area contributed by atoms with Gasteiger partial charge in [0.15, 0.2) is 5.78 Å². The fraction of sp³-hybridized carbons (Fsp3) is 0.0870. The Hall–Kier alpha value is -2.72. The van der Waals surface area contributed by atoms with Crippen LogP contribution in [0.2, 0.25) is 0 Å². The summed E-state index contributed by atoms with van der Waals surface area (Å²) < 4.78 is 14.5. The third kappa shape index (κ3) is 4.52. The lowest BCUT2D eigenvalue weighted by molar-refractivity contribution is 0.104. The van der Waals surface area contributed by atoms with E-state index in [4.69, 9.17) is 0 Å². The summed E-state index contributed by atoms with van der Waals surface area (Å²) in [4.78, 5) is 14.8. The average molecular weight is 424 g/mol. The van der Waals surface area contributed by atoms with Crippen LogP contribution in [0.5, 0.6) is 0 Å². The highest BCUT2D eigenvalue weighted by Crippen LogP contribution is 2.27. The molecule has 0 saturated heterocycles. The van der Waals surface area contributed by atoms with Crippen molar-refractivity contribution in [1.29, 1.82) is 0 Å². The molecule has 0 amide bonds. The number of ketones is 1. The van der Waals surface area contributed by atoms with Gasteiger partial charge < -0.3 is 4.90 Å². The standard InChI is InChI=1S/C23H19BrFNO/c1-26(2)22-12-10-16(14-21(22)24)11-13-23(27)20-9-4-3-8-19(20)17-6-5-7-18(25)15-17/h3-15H,1-2H3. The number of rotatable bonds is 5. The van der Waals surface area contributed by atoms with Gasteiger partial charge in [0.25, 0.3) is 0 Å². The molecule has 0 heterocycles. The minimum Gasteiger partial charge on any atom is -0.377 e. The topological polar surface area (TPSA) is 20.3 Å². The summed E-state index contributed by atoms with van der Waals surface area (Å²) in [7, 11) is 3.95. The van der Waals surface area contributed by atoms with Crippen molar-refractivity contribution in [1.82, 2.24) is 0 Å². The van der Waals surface area contributed by atoms with Crippen molar-refractivity contribution in [3.05, 3.63) is 94.2 Å². The summed E-state index contributed by atoms with van der Waals surface area (Å²) in [6.45, 7) is 0. The summed E-state index contributed by atoms with van der Waals surface area (Å²) in [5, 5.41) is 0. The van der Waals surface area contributed by atoms with E-state index in [1.165, 1.54) is 12.1 Å². The van der Waals surface area contributed by atoms with E-state index in [9.17, 15) is 9.18 Å². The molecule has 136 valence electrons. The van der Waals surface area contributed by atoms with Gasteiger partial charge in [-0.3, -0.25) is 4.79 Å². The Bertz CT molecular complexity index is 1010. The molecule has 0 bridgehead atoms. The summed E-state index contributed by atoms with van der Waals surface area (Å²) in [5.74, 6) is -0.446. The zero-order chi connectivity index (χ0) is 19.4. The molecule has 3 rings (SSSR count). The maximum absolute atomic E-state index is 13.6. The predicted molar refractivity (Wildman–Crippen MR) is 114 cm³/mol. The summed E-state index contributed by atoms with van der Waals surface area (Å²) in [6, 6.07) is 19.5. The number of hydrogen-bond acceptors (Lipinski definition) is 2. The largest absolute Gasteiger partial charge is 0.377 e. The smallest absolute Gasteiger partial charge is 0.186 e. The van der Waals surface area contributed by atoms with Crippen molar-refractivity contribution >= 4 is 33.5 Å². The Morgan fingerprint density at radius 1 is 1.00 bits per heavy atom. The highest BCUT2D eigenvalue weighted by atomic mass is 79.9. The maximum Gasteiger partial charge on any atom is 0.186 e. The summed E-state index contributed by atoms with van der Waals surface area (Å²) in [6.07, 6.45) is 3.34. The minimum absolute atomic E-state index is 0.123. The molecule has 4 heteroatoms. The maximum atomic E-state index is 13.6. The van der Waals surface area contributed by atoms with E-state index in [0.717, 1.165) is 21.3 Å². The molecule has 3 aromatic rings. The SMILES string of the molecule is CN(C)c1ccc(C=CC(=O)c2ccccc2-c2cccc(F)c2)cc1Br. The molecule has 0 unspecified atom stereocenters. The number of nitrogens with zero attached hydrogens (tertiary/aromatic N) is 1.